The maximum atomic E-state index is 8.56. The van der Waals surface area contributed by atoms with Crippen molar-refractivity contribution < 1.29 is 15.0 Å². The van der Waals surface area contributed by atoms with Crippen molar-refractivity contribution in [1.82, 2.24) is 0 Å². The van der Waals surface area contributed by atoms with Gasteiger partial charge in [0.25, 0.3) is 0 Å². The van der Waals surface area contributed by atoms with Crippen molar-refractivity contribution in [3.63, 3.8) is 0 Å². The highest BCUT2D eigenvalue weighted by Crippen LogP contribution is 2.03. The molecule has 0 fully saturated rings. The van der Waals surface area contributed by atoms with Crippen molar-refractivity contribution in [2.45, 2.75) is 6.92 Å². The third-order valence-corrected chi connectivity index (χ3v) is 0.985. The maximum absolute atomic E-state index is 8.56. The van der Waals surface area contributed by atoms with Gasteiger partial charge in [-0.15, -0.1) is 6.58 Å². The Morgan fingerprint density at radius 3 is 1.79 bits per heavy atom. The number of halogens is 1. The quantitative estimate of drug-likeness (QED) is 0.650. The van der Waals surface area contributed by atoms with Crippen molar-refractivity contribution >= 4 is 17.8 Å². The number of carbonyl (C=O) groups is 1. The highest BCUT2D eigenvalue weighted by Gasteiger charge is 1.74. The van der Waals surface area contributed by atoms with E-state index in [1.165, 1.54) is 0 Å². The molecule has 0 bridgehead atoms. The molecule has 0 saturated carbocycles. The summed E-state index contributed by atoms with van der Waals surface area (Å²) in [4.78, 5) is 8.56. The Bertz CT molecular complexity index is 243. The fourth-order valence-corrected chi connectivity index (χ4v) is 0.560. The van der Waals surface area contributed by atoms with Crippen LogP contribution in [0.1, 0.15) is 6.92 Å². The molecule has 1 aromatic carbocycles. The van der Waals surface area contributed by atoms with Crippen LogP contribution >= 0.6 is 11.6 Å². The first kappa shape index (κ1) is 15.0. The summed E-state index contributed by atoms with van der Waals surface area (Å²) in [7, 11) is 0. The van der Waals surface area contributed by atoms with E-state index in [9.17, 15) is 0 Å². The number of hydrogen-bond acceptors (Lipinski definition) is 1. The van der Waals surface area contributed by atoms with E-state index in [4.69, 9.17) is 26.6 Å². The Morgan fingerprint density at radius 1 is 1.36 bits per heavy atom. The first-order chi connectivity index (χ1) is 6.54. The zero-order valence-electron chi connectivity index (χ0n) is 7.85. The van der Waals surface area contributed by atoms with Crippen molar-refractivity contribution in [2.24, 2.45) is 0 Å². The van der Waals surface area contributed by atoms with E-state index in [1.54, 1.807) is 6.08 Å². The summed E-state index contributed by atoms with van der Waals surface area (Å²) in [6, 6.07) is 9.44. The summed E-state index contributed by atoms with van der Waals surface area (Å²) in [6.07, 6.45) is -0.0833. The van der Waals surface area contributed by atoms with Gasteiger partial charge < -0.3 is 10.2 Å². The molecule has 0 aromatic heterocycles. The SMILES string of the molecule is C=CC.Clc1ccccc1.O=C(O)O. The molecular weight excluding hydrogens is 204 g/mol. The molecule has 2 N–H and O–H groups in total. The van der Waals surface area contributed by atoms with E-state index in [0.29, 0.717) is 0 Å². The van der Waals surface area contributed by atoms with E-state index >= 15 is 0 Å². The zero-order valence-corrected chi connectivity index (χ0v) is 8.61. The predicted octanol–water partition coefficient (Wildman–Crippen LogP) is 3.75. The lowest BCUT2D eigenvalue weighted by atomic mass is 10.4. The highest BCUT2D eigenvalue weighted by atomic mass is 35.5. The van der Waals surface area contributed by atoms with E-state index in [2.05, 4.69) is 6.58 Å². The van der Waals surface area contributed by atoms with Gasteiger partial charge in [0.15, 0.2) is 0 Å². The van der Waals surface area contributed by atoms with Gasteiger partial charge in [0.2, 0.25) is 0 Å². The fourth-order valence-electron chi connectivity index (χ4n) is 0.415. The Kier molecular flexibility index (Phi) is 12.4. The monoisotopic (exact) mass is 216 g/mol. The van der Waals surface area contributed by atoms with Crippen LogP contribution in [0.25, 0.3) is 0 Å². The van der Waals surface area contributed by atoms with Crippen LogP contribution < -0.4 is 0 Å². The molecule has 0 unspecified atom stereocenters. The third-order valence-electron chi connectivity index (χ3n) is 0.733. The number of carboxylic acid groups (broad SMARTS) is 2. The van der Waals surface area contributed by atoms with Gasteiger partial charge in [-0.25, -0.2) is 4.79 Å². The van der Waals surface area contributed by atoms with Gasteiger partial charge in [-0.05, 0) is 19.1 Å². The third kappa shape index (κ3) is 22.4. The van der Waals surface area contributed by atoms with Crippen LogP contribution in [0, 0.1) is 0 Å². The van der Waals surface area contributed by atoms with Crippen LogP contribution in [-0.4, -0.2) is 16.4 Å². The van der Waals surface area contributed by atoms with Crippen LogP contribution in [-0.2, 0) is 0 Å². The first-order valence-electron chi connectivity index (χ1n) is 3.74. The molecule has 0 atom stereocenters. The average Bonchev–Trinajstić information content (AvgIpc) is 2.05. The minimum Gasteiger partial charge on any atom is -0.450 e. The smallest absolute Gasteiger partial charge is 0.450 e. The Balaban J connectivity index is 0. The molecular formula is C10H13ClO3. The molecule has 1 rings (SSSR count). The van der Waals surface area contributed by atoms with Crippen LogP contribution in [0.4, 0.5) is 4.79 Å². The molecule has 4 heteroatoms. The largest absolute Gasteiger partial charge is 0.503 e. The normalized spacial score (nSPS) is 7.00. The molecule has 0 saturated heterocycles. The molecule has 0 amide bonds. The molecule has 0 heterocycles. The summed E-state index contributed by atoms with van der Waals surface area (Å²) in [5.74, 6) is 0. The zero-order chi connectivity index (χ0) is 11.4. The summed E-state index contributed by atoms with van der Waals surface area (Å²) >= 11 is 5.54. The minimum absolute atomic E-state index is 0.794. The van der Waals surface area contributed by atoms with Crippen molar-refractivity contribution in [2.75, 3.05) is 0 Å². The second-order valence-corrected chi connectivity index (χ2v) is 2.42. The predicted molar refractivity (Wildman–Crippen MR) is 58.0 cm³/mol. The van der Waals surface area contributed by atoms with E-state index in [0.717, 1.165) is 5.02 Å². The van der Waals surface area contributed by atoms with Gasteiger partial charge in [0.1, 0.15) is 0 Å². The van der Waals surface area contributed by atoms with Crippen molar-refractivity contribution in [1.29, 1.82) is 0 Å². The van der Waals surface area contributed by atoms with Crippen molar-refractivity contribution in [3.05, 3.63) is 48.0 Å². The van der Waals surface area contributed by atoms with Gasteiger partial charge in [-0.2, -0.15) is 0 Å². The number of rotatable bonds is 0. The van der Waals surface area contributed by atoms with Crippen molar-refractivity contribution in [3.8, 4) is 0 Å². The number of hydrogen-bond donors (Lipinski definition) is 2. The van der Waals surface area contributed by atoms with Crippen LogP contribution in [0.3, 0.4) is 0 Å². The highest BCUT2D eigenvalue weighted by molar-refractivity contribution is 6.30. The average molecular weight is 217 g/mol. The van der Waals surface area contributed by atoms with Gasteiger partial charge in [-0.1, -0.05) is 35.9 Å². The second-order valence-electron chi connectivity index (χ2n) is 1.99. The second kappa shape index (κ2) is 11.5. The molecule has 78 valence electrons. The summed E-state index contributed by atoms with van der Waals surface area (Å²) in [5.41, 5.74) is 0. The van der Waals surface area contributed by atoms with Gasteiger partial charge in [-0.3, -0.25) is 0 Å². The lowest BCUT2D eigenvalue weighted by Crippen LogP contribution is -1.81. The molecule has 0 aliphatic heterocycles. The molecule has 0 spiro atoms. The lowest BCUT2D eigenvalue weighted by molar-refractivity contribution is 0.137. The van der Waals surface area contributed by atoms with Crippen LogP contribution in [0.2, 0.25) is 5.02 Å². The van der Waals surface area contributed by atoms with Gasteiger partial charge in [0, 0.05) is 5.02 Å². The standard InChI is InChI=1S/C6H5Cl.C3H6.CH2O3/c7-6-4-2-1-3-5-6;1-3-2;2-1(3)4/h1-5H;3H,1H2,2H3;(H2,2,3,4). The molecule has 0 aliphatic carbocycles. The molecule has 0 radical (unpaired) electrons. The topological polar surface area (TPSA) is 57.5 Å². The first-order valence-corrected chi connectivity index (χ1v) is 4.11. The number of benzene rings is 1. The number of allylic oxidation sites excluding steroid dienone is 1. The van der Waals surface area contributed by atoms with E-state index in [-0.39, 0.29) is 0 Å². The minimum atomic E-state index is -1.83. The molecule has 14 heavy (non-hydrogen) atoms. The van der Waals surface area contributed by atoms with Crippen LogP contribution in [0.15, 0.2) is 43.0 Å². The van der Waals surface area contributed by atoms with Crippen LogP contribution in [0.5, 0.6) is 0 Å². The lowest BCUT2D eigenvalue weighted by Gasteiger charge is -1.80. The van der Waals surface area contributed by atoms with E-state index < -0.39 is 6.16 Å². The molecule has 0 aliphatic rings. The summed E-state index contributed by atoms with van der Waals surface area (Å²) < 4.78 is 0. The Morgan fingerprint density at radius 2 is 1.64 bits per heavy atom. The fraction of sp³-hybridized carbons (Fsp3) is 0.100. The summed E-state index contributed by atoms with van der Waals surface area (Å²) in [6.45, 7) is 5.25. The Hall–Kier alpha value is -1.48. The van der Waals surface area contributed by atoms with E-state index in [1.807, 2.05) is 37.3 Å². The summed E-state index contributed by atoms with van der Waals surface area (Å²) in [5, 5.41) is 14.7. The van der Waals surface area contributed by atoms with Gasteiger partial charge in [0.05, 0.1) is 0 Å². The van der Waals surface area contributed by atoms with Gasteiger partial charge >= 0.3 is 6.16 Å². The molecule has 1 aromatic rings. The maximum Gasteiger partial charge on any atom is 0.503 e. The Labute approximate surface area is 88.3 Å². The molecule has 3 nitrogen and oxygen atoms in total.